The topological polar surface area (TPSA) is 94.2 Å². The summed E-state index contributed by atoms with van der Waals surface area (Å²) in [6, 6.07) is 10.7. The van der Waals surface area contributed by atoms with E-state index in [1.807, 2.05) is 0 Å². The molecule has 0 unspecified atom stereocenters. The Bertz CT molecular complexity index is 997. The lowest BCUT2D eigenvalue weighted by molar-refractivity contribution is -0.122. The van der Waals surface area contributed by atoms with E-state index in [9.17, 15) is 14.4 Å². The first-order chi connectivity index (χ1) is 13.1. The molecule has 8 nitrogen and oxygen atoms in total. The van der Waals surface area contributed by atoms with Crippen molar-refractivity contribution >= 4 is 29.6 Å². The van der Waals surface area contributed by atoms with Crippen molar-refractivity contribution in [3.63, 3.8) is 0 Å². The third-order valence-electron chi connectivity index (χ3n) is 4.12. The van der Waals surface area contributed by atoms with E-state index in [1.165, 1.54) is 19.3 Å². The Labute approximate surface area is 153 Å². The van der Waals surface area contributed by atoms with Crippen molar-refractivity contribution in [1.82, 2.24) is 5.32 Å². The number of urea groups is 1. The van der Waals surface area contributed by atoms with Crippen LogP contribution in [-0.4, -0.2) is 31.7 Å². The highest BCUT2D eigenvalue weighted by Gasteiger charge is 2.37. The van der Waals surface area contributed by atoms with E-state index in [0.29, 0.717) is 28.5 Å². The van der Waals surface area contributed by atoms with Gasteiger partial charge in [0, 0.05) is 6.07 Å². The lowest BCUT2D eigenvalue weighted by atomic mass is 10.1. The second-order valence-electron chi connectivity index (χ2n) is 5.77. The number of fused-ring (bicyclic) bond motifs is 1. The van der Waals surface area contributed by atoms with Crippen molar-refractivity contribution in [2.24, 2.45) is 0 Å². The fourth-order valence-electron chi connectivity index (χ4n) is 2.81. The monoisotopic (exact) mass is 366 g/mol. The third kappa shape index (κ3) is 2.97. The molecule has 2 aliphatic heterocycles. The zero-order valence-corrected chi connectivity index (χ0v) is 14.2. The zero-order valence-electron chi connectivity index (χ0n) is 14.2. The summed E-state index contributed by atoms with van der Waals surface area (Å²) in [5.74, 6) is 0.0984. The summed E-state index contributed by atoms with van der Waals surface area (Å²) in [7, 11) is 1.48. The molecule has 1 saturated heterocycles. The smallest absolute Gasteiger partial charge is 0.335 e. The van der Waals surface area contributed by atoms with Crippen LogP contribution in [0.4, 0.5) is 10.5 Å². The van der Waals surface area contributed by atoms with Crippen molar-refractivity contribution in [3.8, 4) is 17.2 Å². The predicted molar refractivity (Wildman–Crippen MR) is 94.6 cm³/mol. The van der Waals surface area contributed by atoms with Crippen molar-refractivity contribution < 1.29 is 28.6 Å². The number of anilines is 1. The molecule has 1 N–H and O–H groups in total. The molecule has 136 valence electrons. The van der Waals surface area contributed by atoms with E-state index in [-0.39, 0.29) is 12.4 Å². The van der Waals surface area contributed by atoms with Gasteiger partial charge in [-0.25, -0.2) is 9.69 Å². The van der Waals surface area contributed by atoms with E-state index in [0.717, 1.165) is 4.90 Å². The van der Waals surface area contributed by atoms with Crippen LogP contribution in [0, 0.1) is 0 Å². The normalized spacial score (nSPS) is 17.3. The number of amides is 4. The Kier molecular flexibility index (Phi) is 4.00. The lowest BCUT2D eigenvalue weighted by Crippen LogP contribution is -2.54. The molecule has 0 spiro atoms. The van der Waals surface area contributed by atoms with Gasteiger partial charge in [0.25, 0.3) is 11.8 Å². The molecular weight excluding hydrogens is 352 g/mol. The fraction of sp³-hybridized carbons (Fsp3) is 0.105. The summed E-state index contributed by atoms with van der Waals surface area (Å²) in [5.41, 5.74) is 0.690. The molecule has 4 amide bonds. The first-order valence-electron chi connectivity index (χ1n) is 8.02. The minimum absolute atomic E-state index is 0.118. The minimum atomic E-state index is -0.818. The predicted octanol–water partition coefficient (Wildman–Crippen LogP) is 2.09. The molecule has 0 aliphatic carbocycles. The van der Waals surface area contributed by atoms with E-state index in [1.54, 1.807) is 36.4 Å². The molecule has 27 heavy (non-hydrogen) atoms. The number of nitrogens with zero attached hydrogens (tertiary/aromatic N) is 1. The number of imide groups is 2. The SMILES string of the molecule is COc1cccc(N2C(=O)NC(=O)C(=Cc3ccc4c(c3)OCO4)C2=O)c1. The number of rotatable bonds is 3. The van der Waals surface area contributed by atoms with Gasteiger partial charge in [0.1, 0.15) is 11.3 Å². The van der Waals surface area contributed by atoms with E-state index in [4.69, 9.17) is 14.2 Å². The summed E-state index contributed by atoms with van der Waals surface area (Å²) in [4.78, 5) is 38.2. The van der Waals surface area contributed by atoms with Crippen molar-refractivity contribution in [3.05, 3.63) is 53.6 Å². The molecule has 0 aromatic heterocycles. The minimum Gasteiger partial charge on any atom is -0.497 e. The summed E-state index contributed by atoms with van der Waals surface area (Å²) < 4.78 is 15.7. The van der Waals surface area contributed by atoms with Gasteiger partial charge in [-0.2, -0.15) is 0 Å². The van der Waals surface area contributed by atoms with Crippen LogP contribution in [0.25, 0.3) is 6.08 Å². The van der Waals surface area contributed by atoms with Gasteiger partial charge < -0.3 is 14.2 Å². The molecule has 4 rings (SSSR count). The van der Waals surface area contributed by atoms with Gasteiger partial charge in [-0.1, -0.05) is 12.1 Å². The maximum atomic E-state index is 12.9. The zero-order chi connectivity index (χ0) is 19.0. The number of carbonyl (C=O) groups excluding carboxylic acids is 3. The van der Waals surface area contributed by atoms with Crippen LogP contribution >= 0.6 is 0 Å². The number of hydrogen-bond donors (Lipinski definition) is 1. The van der Waals surface area contributed by atoms with E-state index < -0.39 is 17.8 Å². The molecule has 0 radical (unpaired) electrons. The van der Waals surface area contributed by atoms with Gasteiger partial charge in [0.05, 0.1) is 12.8 Å². The lowest BCUT2D eigenvalue weighted by Gasteiger charge is -2.26. The number of carbonyl (C=O) groups is 3. The van der Waals surface area contributed by atoms with Gasteiger partial charge in [-0.05, 0) is 35.9 Å². The molecular formula is C19H14N2O6. The Hall–Kier alpha value is -3.81. The van der Waals surface area contributed by atoms with Crippen LogP contribution < -0.4 is 24.4 Å². The Morgan fingerprint density at radius 2 is 1.89 bits per heavy atom. The first kappa shape index (κ1) is 16.6. The maximum absolute atomic E-state index is 12.9. The summed E-state index contributed by atoms with van der Waals surface area (Å²) in [6.45, 7) is 0.118. The second-order valence-corrected chi connectivity index (χ2v) is 5.77. The Morgan fingerprint density at radius 3 is 2.70 bits per heavy atom. The molecule has 2 aromatic carbocycles. The maximum Gasteiger partial charge on any atom is 0.335 e. The van der Waals surface area contributed by atoms with Gasteiger partial charge in [0.2, 0.25) is 6.79 Å². The second kappa shape index (κ2) is 6.49. The standard InChI is InChI=1S/C19H14N2O6/c1-25-13-4-2-3-12(9-13)21-18(23)14(17(22)20-19(21)24)7-11-5-6-15-16(8-11)27-10-26-15/h2-9H,10H2,1H3,(H,20,22,24). The van der Waals surface area contributed by atoms with Crippen LogP contribution in [0.2, 0.25) is 0 Å². The number of methoxy groups -OCH3 is 1. The molecule has 0 bridgehead atoms. The van der Waals surface area contributed by atoms with E-state index in [2.05, 4.69) is 5.32 Å². The van der Waals surface area contributed by atoms with Crippen molar-refractivity contribution in [1.29, 1.82) is 0 Å². The van der Waals surface area contributed by atoms with Crippen molar-refractivity contribution in [2.75, 3.05) is 18.8 Å². The van der Waals surface area contributed by atoms with Gasteiger partial charge in [-0.15, -0.1) is 0 Å². The molecule has 2 aromatic rings. The molecule has 0 saturated carbocycles. The van der Waals surface area contributed by atoms with Crippen LogP contribution in [0.3, 0.4) is 0 Å². The molecule has 0 atom stereocenters. The number of ether oxygens (including phenoxy) is 3. The highest BCUT2D eigenvalue weighted by Crippen LogP contribution is 2.33. The highest BCUT2D eigenvalue weighted by molar-refractivity contribution is 6.39. The molecule has 2 aliphatic rings. The first-order valence-corrected chi connectivity index (χ1v) is 8.02. The number of barbiturate groups is 1. The van der Waals surface area contributed by atoms with Gasteiger partial charge >= 0.3 is 6.03 Å². The van der Waals surface area contributed by atoms with Crippen LogP contribution in [0.15, 0.2) is 48.0 Å². The van der Waals surface area contributed by atoms with Gasteiger partial charge in [0.15, 0.2) is 11.5 Å². The highest BCUT2D eigenvalue weighted by atomic mass is 16.7. The number of nitrogens with one attached hydrogen (secondary N) is 1. The Morgan fingerprint density at radius 1 is 1.07 bits per heavy atom. The van der Waals surface area contributed by atoms with Crippen LogP contribution in [0.1, 0.15) is 5.56 Å². The average molecular weight is 366 g/mol. The van der Waals surface area contributed by atoms with Crippen molar-refractivity contribution in [2.45, 2.75) is 0 Å². The molecule has 2 heterocycles. The van der Waals surface area contributed by atoms with Crippen LogP contribution in [0.5, 0.6) is 17.2 Å². The fourth-order valence-corrected chi connectivity index (χ4v) is 2.81. The average Bonchev–Trinajstić information content (AvgIpc) is 3.13. The molecule has 8 heteroatoms. The molecule has 1 fully saturated rings. The number of benzene rings is 2. The van der Waals surface area contributed by atoms with Crippen LogP contribution in [-0.2, 0) is 9.59 Å². The Balaban J connectivity index is 1.71. The largest absolute Gasteiger partial charge is 0.497 e. The summed E-state index contributed by atoms with van der Waals surface area (Å²) in [5, 5.41) is 2.18. The third-order valence-corrected chi connectivity index (χ3v) is 4.12. The number of hydrogen-bond acceptors (Lipinski definition) is 6. The summed E-state index contributed by atoms with van der Waals surface area (Å²) in [6.07, 6.45) is 1.40. The van der Waals surface area contributed by atoms with Gasteiger partial charge in [-0.3, -0.25) is 14.9 Å². The van der Waals surface area contributed by atoms with E-state index >= 15 is 0 Å². The quantitative estimate of drug-likeness (QED) is 0.660. The summed E-state index contributed by atoms with van der Waals surface area (Å²) >= 11 is 0.